The summed E-state index contributed by atoms with van der Waals surface area (Å²) in [6.07, 6.45) is 0.658. The Bertz CT molecular complexity index is 947. The fraction of sp³-hybridized carbons (Fsp3) is 0.440. The maximum absolute atomic E-state index is 13.1. The second kappa shape index (κ2) is 10.9. The highest BCUT2D eigenvalue weighted by atomic mass is 16.5. The maximum atomic E-state index is 13.1. The number of urea groups is 1. The highest BCUT2D eigenvalue weighted by Crippen LogP contribution is 2.35. The molecule has 1 aliphatic rings. The van der Waals surface area contributed by atoms with E-state index < -0.39 is 0 Å². The van der Waals surface area contributed by atoms with Crippen molar-refractivity contribution >= 4 is 11.9 Å². The minimum atomic E-state index is -0.297. The smallest absolute Gasteiger partial charge is 0.317 e. The Morgan fingerprint density at radius 1 is 1.03 bits per heavy atom. The Morgan fingerprint density at radius 3 is 2.50 bits per heavy atom. The van der Waals surface area contributed by atoms with Crippen LogP contribution in [0, 0.1) is 12.8 Å². The fourth-order valence-corrected chi connectivity index (χ4v) is 4.22. The van der Waals surface area contributed by atoms with Crippen LogP contribution in [0.1, 0.15) is 36.0 Å². The Labute approximate surface area is 190 Å². The third kappa shape index (κ3) is 5.72. The summed E-state index contributed by atoms with van der Waals surface area (Å²) in [5.41, 5.74) is 3.24. The van der Waals surface area contributed by atoms with Gasteiger partial charge in [0.15, 0.2) is 11.5 Å². The number of amides is 3. The van der Waals surface area contributed by atoms with Crippen molar-refractivity contribution in [2.45, 2.75) is 32.7 Å². The normalized spacial score (nSPS) is 18.1. The van der Waals surface area contributed by atoms with E-state index in [0.717, 1.165) is 16.7 Å². The maximum Gasteiger partial charge on any atom is 0.317 e. The predicted octanol–water partition coefficient (Wildman–Crippen LogP) is 3.46. The summed E-state index contributed by atoms with van der Waals surface area (Å²) < 4.78 is 10.8. The molecule has 172 valence electrons. The number of benzene rings is 2. The zero-order valence-electron chi connectivity index (χ0n) is 19.3. The molecule has 2 N–H and O–H groups in total. The van der Waals surface area contributed by atoms with Crippen LogP contribution in [-0.2, 0) is 11.3 Å². The number of ether oxygens (including phenoxy) is 2. The van der Waals surface area contributed by atoms with E-state index in [0.29, 0.717) is 44.1 Å². The summed E-state index contributed by atoms with van der Waals surface area (Å²) in [6, 6.07) is 13.7. The Kier molecular flexibility index (Phi) is 7.98. The standard InChI is InChI=1S/C25H33N3O4/c1-5-26-25(30)28-15-20(19-9-10-22(31-3)23(13-19)32-4)12-21(16-28)24(29)27-14-18-8-6-7-17(2)11-18/h6-11,13,20-21H,5,12,14-16H2,1-4H3,(H,26,30)(H,27,29). The number of likely N-dealkylation sites (tertiary alicyclic amines) is 1. The molecule has 3 amide bonds. The molecule has 0 bridgehead atoms. The third-order valence-corrected chi connectivity index (χ3v) is 5.86. The van der Waals surface area contributed by atoms with Crippen LogP contribution in [0.15, 0.2) is 42.5 Å². The molecule has 7 heteroatoms. The monoisotopic (exact) mass is 439 g/mol. The molecule has 0 saturated carbocycles. The van der Waals surface area contributed by atoms with Gasteiger partial charge in [0.2, 0.25) is 5.91 Å². The van der Waals surface area contributed by atoms with E-state index in [-0.39, 0.29) is 23.8 Å². The summed E-state index contributed by atoms with van der Waals surface area (Å²) in [7, 11) is 3.20. The average Bonchev–Trinajstić information content (AvgIpc) is 2.82. The van der Waals surface area contributed by atoms with Crippen LogP contribution in [0.4, 0.5) is 4.79 Å². The van der Waals surface area contributed by atoms with Crippen molar-refractivity contribution in [1.82, 2.24) is 15.5 Å². The van der Waals surface area contributed by atoms with Gasteiger partial charge >= 0.3 is 6.03 Å². The number of rotatable bonds is 7. The van der Waals surface area contributed by atoms with Crippen molar-refractivity contribution < 1.29 is 19.1 Å². The first kappa shape index (κ1) is 23.4. The lowest BCUT2D eigenvalue weighted by Gasteiger charge is -2.37. The van der Waals surface area contributed by atoms with Crippen LogP contribution in [0.25, 0.3) is 0 Å². The molecule has 0 spiro atoms. The lowest BCUT2D eigenvalue weighted by Crippen LogP contribution is -2.51. The second-order valence-electron chi connectivity index (χ2n) is 8.19. The molecule has 1 aliphatic heterocycles. The number of nitrogens with one attached hydrogen (secondary N) is 2. The number of nitrogens with zero attached hydrogens (tertiary/aromatic N) is 1. The summed E-state index contributed by atoms with van der Waals surface area (Å²) in [6.45, 7) is 5.88. The van der Waals surface area contributed by atoms with E-state index >= 15 is 0 Å². The first-order valence-corrected chi connectivity index (χ1v) is 11.0. The highest BCUT2D eigenvalue weighted by molar-refractivity contribution is 5.81. The zero-order valence-corrected chi connectivity index (χ0v) is 19.3. The molecule has 2 atom stereocenters. The quantitative estimate of drug-likeness (QED) is 0.692. The number of carbonyl (C=O) groups is 2. The van der Waals surface area contributed by atoms with E-state index in [1.54, 1.807) is 19.1 Å². The van der Waals surface area contributed by atoms with Gasteiger partial charge in [-0.3, -0.25) is 4.79 Å². The summed E-state index contributed by atoms with van der Waals surface area (Å²) in [4.78, 5) is 27.4. The number of carbonyl (C=O) groups excluding carboxylic acids is 2. The van der Waals surface area contributed by atoms with Crippen LogP contribution in [0.5, 0.6) is 11.5 Å². The van der Waals surface area contributed by atoms with Gasteiger partial charge in [-0.25, -0.2) is 4.79 Å². The largest absolute Gasteiger partial charge is 0.493 e. The summed E-state index contributed by atoms with van der Waals surface area (Å²) in [5, 5.41) is 5.92. The van der Waals surface area contributed by atoms with E-state index in [4.69, 9.17) is 9.47 Å². The number of aryl methyl sites for hydroxylation is 1. The van der Waals surface area contributed by atoms with Crippen molar-refractivity contribution in [3.8, 4) is 11.5 Å². The molecule has 0 aliphatic carbocycles. The summed E-state index contributed by atoms with van der Waals surface area (Å²) >= 11 is 0. The van der Waals surface area contributed by atoms with E-state index in [1.807, 2.05) is 50.2 Å². The zero-order chi connectivity index (χ0) is 23.1. The van der Waals surface area contributed by atoms with Gasteiger partial charge in [-0.1, -0.05) is 35.9 Å². The first-order chi connectivity index (χ1) is 15.4. The number of hydrogen-bond acceptors (Lipinski definition) is 4. The number of piperidine rings is 1. The molecule has 3 rings (SSSR count). The molecule has 2 unspecified atom stereocenters. The van der Waals surface area contributed by atoms with E-state index in [9.17, 15) is 9.59 Å². The fourth-order valence-electron chi connectivity index (χ4n) is 4.22. The Morgan fingerprint density at radius 2 is 1.81 bits per heavy atom. The van der Waals surface area contributed by atoms with Gasteiger partial charge in [0, 0.05) is 32.1 Å². The van der Waals surface area contributed by atoms with Crippen molar-refractivity contribution in [1.29, 1.82) is 0 Å². The predicted molar refractivity (Wildman–Crippen MR) is 124 cm³/mol. The molecule has 1 saturated heterocycles. The van der Waals surface area contributed by atoms with Crippen LogP contribution in [-0.4, -0.2) is 50.7 Å². The molecule has 2 aromatic rings. The first-order valence-electron chi connectivity index (χ1n) is 11.0. The molecule has 1 heterocycles. The minimum absolute atomic E-state index is 0.0147. The van der Waals surface area contributed by atoms with Gasteiger partial charge in [0.05, 0.1) is 20.1 Å². The molecule has 32 heavy (non-hydrogen) atoms. The van der Waals surface area contributed by atoms with Crippen molar-refractivity contribution in [3.05, 3.63) is 59.2 Å². The summed E-state index contributed by atoms with van der Waals surface area (Å²) in [5.74, 6) is 0.974. The molecule has 2 aromatic carbocycles. The van der Waals surface area contributed by atoms with E-state index in [2.05, 4.69) is 16.7 Å². The molecule has 1 fully saturated rings. The van der Waals surface area contributed by atoms with Crippen LogP contribution < -0.4 is 20.1 Å². The third-order valence-electron chi connectivity index (χ3n) is 5.86. The molecule has 7 nitrogen and oxygen atoms in total. The SMILES string of the molecule is CCNC(=O)N1CC(C(=O)NCc2cccc(C)c2)CC(c2ccc(OC)c(OC)c2)C1. The van der Waals surface area contributed by atoms with Gasteiger partial charge in [-0.15, -0.1) is 0 Å². The molecule has 0 radical (unpaired) electrons. The number of hydrogen-bond donors (Lipinski definition) is 2. The van der Waals surface area contributed by atoms with Crippen LogP contribution in [0.3, 0.4) is 0 Å². The van der Waals surface area contributed by atoms with Crippen molar-refractivity contribution in [3.63, 3.8) is 0 Å². The lowest BCUT2D eigenvalue weighted by atomic mass is 9.84. The van der Waals surface area contributed by atoms with Crippen LogP contribution >= 0.6 is 0 Å². The van der Waals surface area contributed by atoms with Crippen molar-refractivity contribution in [2.24, 2.45) is 5.92 Å². The topological polar surface area (TPSA) is 79.9 Å². The minimum Gasteiger partial charge on any atom is -0.493 e. The Hall–Kier alpha value is -3.22. The van der Waals surface area contributed by atoms with Crippen molar-refractivity contribution in [2.75, 3.05) is 33.9 Å². The van der Waals surface area contributed by atoms with Gasteiger partial charge in [-0.05, 0) is 43.5 Å². The molecular weight excluding hydrogens is 406 g/mol. The van der Waals surface area contributed by atoms with E-state index in [1.165, 1.54) is 0 Å². The van der Waals surface area contributed by atoms with Gasteiger partial charge in [-0.2, -0.15) is 0 Å². The van der Waals surface area contributed by atoms with Crippen LogP contribution in [0.2, 0.25) is 0 Å². The lowest BCUT2D eigenvalue weighted by molar-refractivity contribution is -0.126. The second-order valence-corrected chi connectivity index (χ2v) is 8.19. The van der Waals surface area contributed by atoms with Gasteiger partial charge < -0.3 is 25.0 Å². The molecular formula is C25H33N3O4. The van der Waals surface area contributed by atoms with Gasteiger partial charge in [0.1, 0.15) is 0 Å². The number of methoxy groups -OCH3 is 2. The highest BCUT2D eigenvalue weighted by Gasteiger charge is 2.34. The average molecular weight is 440 g/mol. The Balaban J connectivity index is 1.77. The van der Waals surface area contributed by atoms with Gasteiger partial charge in [0.25, 0.3) is 0 Å². The molecule has 0 aromatic heterocycles.